The number of aromatic nitrogens is 1. The van der Waals surface area contributed by atoms with E-state index in [0.29, 0.717) is 0 Å². The number of halogens is 4. The Morgan fingerprint density at radius 2 is 2.31 bits per heavy atom. The first-order valence-electron chi connectivity index (χ1n) is 4.12. The van der Waals surface area contributed by atoms with Crippen LogP contribution in [0, 0.1) is 3.57 Å². The normalized spacial score (nSPS) is 10.6. The maximum absolute atomic E-state index is 12.8. The summed E-state index contributed by atoms with van der Waals surface area (Å²) in [6.45, 7) is 0. The van der Waals surface area contributed by atoms with Gasteiger partial charge in [-0.1, -0.05) is 0 Å². The predicted octanol–water partition coefficient (Wildman–Crippen LogP) is 3.15. The Kier molecular flexibility index (Phi) is 4.85. The van der Waals surface area contributed by atoms with E-state index in [9.17, 15) is 13.6 Å². The summed E-state index contributed by atoms with van der Waals surface area (Å²) in [6, 6.07) is 0. The quantitative estimate of drug-likeness (QED) is 0.472. The second-order valence-electron chi connectivity index (χ2n) is 2.79. The standard InChI is InChI=1S/C9H7ClF2INO2/c1-16-9(15)7-6(13)5(8(11)12)4(2-10)3-14-7/h3,8H,2H2,1H3. The van der Waals surface area contributed by atoms with Crippen LogP contribution in [0.3, 0.4) is 0 Å². The molecular weight excluding hydrogens is 354 g/mol. The van der Waals surface area contributed by atoms with Crippen molar-refractivity contribution in [3.8, 4) is 0 Å². The van der Waals surface area contributed by atoms with Gasteiger partial charge in [0, 0.05) is 17.6 Å². The largest absolute Gasteiger partial charge is 0.464 e. The minimum absolute atomic E-state index is 0.0792. The SMILES string of the molecule is COC(=O)c1ncc(CCl)c(C(F)F)c1I. The van der Waals surface area contributed by atoms with Crippen molar-refractivity contribution in [3.05, 3.63) is 26.6 Å². The second kappa shape index (κ2) is 5.72. The van der Waals surface area contributed by atoms with Crippen molar-refractivity contribution in [2.24, 2.45) is 0 Å². The molecular formula is C9H7ClF2INO2. The summed E-state index contributed by atoms with van der Waals surface area (Å²) in [5, 5.41) is 0. The zero-order valence-electron chi connectivity index (χ0n) is 8.14. The molecule has 1 rings (SSSR count). The average Bonchev–Trinajstić information content (AvgIpc) is 2.26. The molecule has 1 aromatic rings. The number of carbonyl (C=O) groups is 1. The fourth-order valence-corrected chi connectivity index (χ4v) is 2.27. The van der Waals surface area contributed by atoms with Crippen molar-refractivity contribution in [1.82, 2.24) is 4.98 Å². The van der Waals surface area contributed by atoms with Crippen LogP contribution in [0.4, 0.5) is 8.78 Å². The first-order chi connectivity index (χ1) is 7.52. The van der Waals surface area contributed by atoms with E-state index >= 15 is 0 Å². The molecule has 0 bridgehead atoms. The third-order valence-electron chi connectivity index (χ3n) is 1.88. The topological polar surface area (TPSA) is 39.2 Å². The van der Waals surface area contributed by atoms with Crippen LogP contribution in [0.2, 0.25) is 0 Å². The van der Waals surface area contributed by atoms with Gasteiger partial charge in [-0.25, -0.2) is 18.6 Å². The molecule has 0 aliphatic heterocycles. The Labute approximate surface area is 109 Å². The minimum Gasteiger partial charge on any atom is -0.464 e. The van der Waals surface area contributed by atoms with Crippen molar-refractivity contribution >= 4 is 40.2 Å². The maximum atomic E-state index is 12.8. The van der Waals surface area contributed by atoms with Crippen molar-refractivity contribution < 1.29 is 18.3 Å². The Morgan fingerprint density at radius 3 is 2.75 bits per heavy atom. The van der Waals surface area contributed by atoms with Crippen molar-refractivity contribution in [2.75, 3.05) is 7.11 Å². The zero-order valence-corrected chi connectivity index (χ0v) is 11.1. The van der Waals surface area contributed by atoms with Crippen LogP contribution in [0.15, 0.2) is 6.20 Å². The summed E-state index contributed by atoms with van der Waals surface area (Å²) in [4.78, 5) is 15.0. The molecule has 3 nitrogen and oxygen atoms in total. The van der Waals surface area contributed by atoms with Crippen LogP contribution >= 0.6 is 34.2 Å². The van der Waals surface area contributed by atoms with E-state index in [1.807, 2.05) is 0 Å². The molecule has 0 radical (unpaired) electrons. The van der Waals surface area contributed by atoms with Crippen LogP contribution in [0.5, 0.6) is 0 Å². The summed E-state index contributed by atoms with van der Waals surface area (Å²) < 4.78 is 30.1. The number of esters is 1. The highest BCUT2D eigenvalue weighted by atomic mass is 127. The third-order valence-corrected chi connectivity index (χ3v) is 3.26. The Balaban J connectivity index is 3.37. The third kappa shape index (κ3) is 2.60. The van der Waals surface area contributed by atoms with Gasteiger partial charge in [-0.05, 0) is 28.2 Å². The van der Waals surface area contributed by atoms with Gasteiger partial charge in [0.1, 0.15) is 0 Å². The second-order valence-corrected chi connectivity index (χ2v) is 4.13. The summed E-state index contributed by atoms with van der Waals surface area (Å²) in [5.41, 5.74) is -0.160. The number of methoxy groups -OCH3 is 1. The summed E-state index contributed by atoms with van der Waals surface area (Å²) in [7, 11) is 1.16. The molecule has 0 spiro atoms. The molecule has 0 aromatic carbocycles. The Morgan fingerprint density at radius 1 is 1.69 bits per heavy atom. The van der Waals surface area contributed by atoms with Gasteiger partial charge in [-0.3, -0.25) is 0 Å². The maximum Gasteiger partial charge on any atom is 0.357 e. The molecule has 16 heavy (non-hydrogen) atoms. The highest BCUT2D eigenvalue weighted by Gasteiger charge is 2.23. The lowest BCUT2D eigenvalue weighted by atomic mass is 10.1. The molecule has 7 heteroatoms. The number of carbonyl (C=O) groups excluding carboxylic acids is 1. The van der Waals surface area contributed by atoms with Crippen molar-refractivity contribution in [2.45, 2.75) is 12.3 Å². The van der Waals surface area contributed by atoms with Gasteiger partial charge < -0.3 is 4.74 Å². The van der Waals surface area contributed by atoms with Crippen LogP contribution in [-0.2, 0) is 10.6 Å². The highest BCUT2D eigenvalue weighted by molar-refractivity contribution is 14.1. The first-order valence-corrected chi connectivity index (χ1v) is 5.74. The van der Waals surface area contributed by atoms with E-state index in [4.69, 9.17) is 11.6 Å². The molecule has 1 heterocycles. The van der Waals surface area contributed by atoms with E-state index in [1.54, 1.807) is 22.6 Å². The Bertz CT molecular complexity index is 415. The molecule has 0 fully saturated rings. The molecule has 0 saturated heterocycles. The number of alkyl halides is 3. The lowest BCUT2D eigenvalue weighted by Crippen LogP contribution is -2.11. The van der Waals surface area contributed by atoms with E-state index in [2.05, 4.69) is 9.72 Å². The van der Waals surface area contributed by atoms with E-state index in [1.165, 1.54) is 6.20 Å². The number of hydrogen-bond donors (Lipinski definition) is 0. The zero-order chi connectivity index (χ0) is 12.3. The van der Waals surface area contributed by atoms with Gasteiger partial charge in [0.15, 0.2) is 5.69 Å². The van der Waals surface area contributed by atoms with Crippen LogP contribution < -0.4 is 0 Å². The van der Waals surface area contributed by atoms with Gasteiger partial charge >= 0.3 is 5.97 Å². The monoisotopic (exact) mass is 361 g/mol. The van der Waals surface area contributed by atoms with E-state index in [-0.39, 0.29) is 26.3 Å². The number of rotatable bonds is 3. The van der Waals surface area contributed by atoms with Crippen molar-refractivity contribution in [1.29, 1.82) is 0 Å². The number of pyridine rings is 1. The molecule has 1 aromatic heterocycles. The fourth-order valence-electron chi connectivity index (χ4n) is 1.12. The molecule has 0 aliphatic rings. The van der Waals surface area contributed by atoms with Gasteiger partial charge in [0.05, 0.1) is 10.7 Å². The van der Waals surface area contributed by atoms with E-state index < -0.39 is 12.4 Å². The van der Waals surface area contributed by atoms with Gasteiger partial charge in [-0.2, -0.15) is 0 Å². The van der Waals surface area contributed by atoms with Gasteiger partial charge in [0.2, 0.25) is 0 Å². The molecule has 0 atom stereocenters. The fraction of sp³-hybridized carbons (Fsp3) is 0.333. The highest BCUT2D eigenvalue weighted by Crippen LogP contribution is 2.30. The molecule has 0 saturated carbocycles. The summed E-state index contributed by atoms with van der Waals surface area (Å²) >= 11 is 7.16. The predicted molar refractivity (Wildman–Crippen MR) is 62.8 cm³/mol. The van der Waals surface area contributed by atoms with Crippen LogP contribution in [0.1, 0.15) is 28.0 Å². The van der Waals surface area contributed by atoms with Crippen molar-refractivity contribution in [3.63, 3.8) is 0 Å². The van der Waals surface area contributed by atoms with Crippen LogP contribution in [0.25, 0.3) is 0 Å². The summed E-state index contributed by atoms with van der Waals surface area (Å²) in [6.07, 6.45) is -1.53. The van der Waals surface area contributed by atoms with Gasteiger partial charge in [-0.15, -0.1) is 11.6 Å². The van der Waals surface area contributed by atoms with Gasteiger partial charge in [0.25, 0.3) is 6.43 Å². The molecule has 0 N–H and O–H groups in total. The number of ether oxygens (including phenoxy) is 1. The smallest absolute Gasteiger partial charge is 0.357 e. The summed E-state index contributed by atoms with van der Waals surface area (Å²) in [5.74, 6) is -0.822. The number of nitrogens with zero attached hydrogens (tertiary/aromatic N) is 1. The first kappa shape index (κ1) is 13.6. The lowest BCUT2D eigenvalue weighted by Gasteiger charge is -2.10. The van der Waals surface area contributed by atoms with E-state index in [0.717, 1.165) is 7.11 Å². The average molecular weight is 362 g/mol. The number of hydrogen-bond acceptors (Lipinski definition) is 3. The minimum atomic E-state index is -2.70. The molecule has 0 amide bonds. The molecule has 0 aliphatic carbocycles. The van der Waals surface area contributed by atoms with Crippen LogP contribution in [-0.4, -0.2) is 18.1 Å². The molecule has 0 unspecified atom stereocenters. The Hall–Kier alpha value is -0.500. The molecule has 88 valence electrons. The lowest BCUT2D eigenvalue weighted by molar-refractivity contribution is 0.0592.